The minimum atomic E-state index is -0.959. The van der Waals surface area contributed by atoms with Crippen LogP contribution < -0.4 is 0 Å². The minimum absolute atomic E-state index is 0.233. The summed E-state index contributed by atoms with van der Waals surface area (Å²) in [6, 6.07) is 8.22. The van der Waals surface area contributed by atoms with Crippen molar-refractivity contribution in [2.45, 2.75) is 11.8 Å². The number of nitrogens with zero attached hydrogens (tertiary/aromatic N) is 1. The van der Waals surface area contributed by atoms with E-state index in [1.54, 1.807) is 12.1 Å². The predicted octanol–water partition coefficient (Wildman–Crippen LogP) is 2.06. The van der Waals surface area contributed by atoms with Crippen LogP contribution in [-0.4, -0.2) is 16.5 Å². The second-order valence-corrected chi connectivity index (χ2v) is 3.33. The van der Waals surface area contributed by atoms with Crippen LogP contribution in [0.3, 0.4) is 0 Å². The smallest absolute Gasteiger partial charge is 0.335 e. The van der Waals surface area contributed by atoms with Crippen molar-refractivity contribution in [2.75, 3.05) is 0 Å². The maximum Gasteiger partial charge on any atom is 0.335 e. The van der Waals surface area contributed by atoms with Gasteiger partial charge in [0, 0.05) is 6.42 Å². The lowest BCUT2D eigenvalue weighted by molar-refractivity contribution is 0.0697. The van der Waals surface area contributed by atoms with Crippen molar-refractivity contribution < 1.29 is 9.90 Å². The maximum atomic E-state index is 10.5. The second-order valence-electron chi connectivity index (χ2n) is 2.80. The molecule has 0 spiro atoms. The van der Waals surface area contributed by atoms with Crippen LogP contribution in [0.4, 0.5) is 0 Å². The summed E-state index contributed by atoms with van der Waals surface area (Å²) in [6.07, 6.45) is 0.429. The molecule has 0 saturated heterocycles. The summed E-state index contributed by atoms with van der Waals surface area (Å²) < 4.78 is 0. The molecule has 0 aliphatic heterocycles. The lowest BCUT2D eigenvalue weighted by atomic mass is 10.1. The highest BCUT2D eigenvalue weighted by Gasteiger charge is 2.05. The fourth-order valence-corrected chi connectivity index (χ4v) is 1.21. The largest absolute Gasteiger partial charge is 0.478 e. The summed E-state index contributed by atoms with van der Waals surface area (Å²) in [5.74, 6) is -0.959. The molecule has 0 aliphatic rings. The van der Waals surface area contributed by atoms with Gasteiger partial charge in [0.2, 0.25) is 0 Å². The third-order valence-electron chi connectivity index (χ3n) is 1.76. The number of carbonyl (C=O) groups is 1. The Bertz CT molecular complexity index is 367. The standard InChI is InChI=1S/C10H8ClNO2/c11-9(6-12)5-7-1-3-8(4-2-7)10(13)14/h1-4,9H,5H2,(H,13,14)/t9-/m0/s1. The van der Waals surface area contributed by atoms with Crippen molar-refractivity contribution >= 4 is 17.6 Å². The van der Waals surface area contributed by atoms with Gasteiger partial charge in [0.15, 0.2) is 0 Å². The zero-order valence-electron chi connectivity index (χ0n) is 7.27. The quantitative estimate of drug-likeness (QED) is 0.776. The molecule has 72 valence electrons. The molecule has 0 radical (unpaired) electrons. The zero-order chi connectivity index (χ0) is 10.6. The predicted molar refractivity (Wildman–Crippen MR) is 52.4 cm³/mol. The van der Waals surface area contributed by atoms with Gasteiger partial charge in [-0.1, -0.05) is 12.1 Å². The van der Waals surface area contributed by atoms with Crippen LogP contribution in [0.5, 0.6) is 0 Å². The number of benzene rings is 1. The number of hydrogen-bond acceptors (Lipinski definition) is 2. The molecule has 1 atom stereocenters. The van der Waals surface area contributed by atoms with E-state index in [4.69, 9.17) is 22.0 Å². The molecular weight excluding hydrogens is 202 g/mol. The van der Waals surface area contributed by atoms with Crippen molar-refractivity contribution in [3.05, 3.63) is 35.4 Å². The first-order valence-electron chi connectivity index (χ1n) is 3.99. The number of nitriles is 1. The Morgan fingerprint density at radius 2 is 2.07 bits per heavy atom. The highest BCUT2D eigenvalue weighted by Crippen LogP contribution is 2.09. The van der Waals surface area contributed by atoms with E-state index < -0.39 is 11.3 Å². The van der Waals surface area contributed by atoms with Gasteiger partial charge >= 0.3 is 5.97 Å². The Kier molecular flexibility index (Phi) is 3.49. The third kappa shape index (κ3) is 2.75. The molecular formula is C10H8ClNO2. The maximum absolute atomic E-state index is 10.5. The molecule has 0 bridgehead atoms. The molecule has 0 unspecified atom stereocenters. The van der Waals surface area contributed by atoms with Crippen LogP contribution in [0.15, 0.2) is 24.3 Å². The summed E-state index contributed by atoms with van der Waals surface area (Å²) in [5.41, 5.74) is 1.09. The van der Waals surface area contributed by atoms with Crippen molar-refractivity contribution in [3.8, 4) is 6.07 Å². The lowest BCUT2D eigenvalue weighted by Crippen LogP contribution is -2.01. The summed E-state index contributed by atoms with van der Waals surface area (Å²) in [5, 5.41) is 16.5. The summed E-state index contributed by atoms with van der Waals surface area (Å²) in [6.45, 7) is 0. The lowest BCUT2D eigenvalue weighted by Gasteiger charge is -2.01. The molecule has 0 aliphatic carbocycles. The third-order valence-corrected chi connectivity index (χ3v) is 2.01. The second kappa shape index (κ2) is 4.64. The van der Waals surface area contributed by atoms with Gasteiger partial charge in [-0.25, -0.2) is 4.79 Å². The number of hydrogen-bond donors (Lipinski definition) is 1. The van der Waals surface area contributed by atoms with Crippen LogP contribution in [0.2, 0.25) is 0 Å². The highest BCUT2D eigenvalue weighted by molar-refractivity contribution is 6.22. The number of alkyl halides is 1. The number of carboxylic acids is 1. The van der Waals surface area contributed by atoms with Crippen LogP contribution in [-0.2, 0) is 6.42 Å². The van der Waals surface area contributed by atoms with E-state index in [9.17, 15) is 4.79 Å². The van der Waals surface area contributed by atoms with Crippen LogP contribution in [0, 0.1) is 11.3 Å². The molecule has 0 heterocycles. The van der Waals surface area contributed by atoms with Crippen LogP contribution in [0.1, 0.15) is 15.9 Å². The van der Waals surface area contributed by atoms with Crippen molar-refractivity contribution in [2.24, 2.45) is 0 Å². The Balaban J connectivity index is 2.75. The summed E-state index contributed by atoms with van der Waals surface area (Å²) >= 11 is 5.62. The fraction of sp³-hybridized carbons (Fsp3) is 0.200. The first-order chi connectivity index (χ1) is 6.63. The molecule has 1 rings (SSSR count). The van der Waals surface area contributed by atoms with E-state index >= 15 is 0 Å². The van der Waals surface area contributed by atoms with E-state index in [1.165, 1.54) is 12.1 Å². The monoisotopic (exact) mass is 209 g/mol. The van der Waals surface area contributed by atoms with Gasteiger partial charge in [0.1, 0.15) is 5.38 Å². The highest BCUT2D eigenvalue weighted by atomic mass is 35.5. The Morgan fingerprint density at radius 1 is 1.50 bits per heavy atom. The average molecular weight is 210 g/mol. The first-order valence-corrected chi connectivity index (χ1v) is 4.43. The summed E-state index contributed by atoms with van der Waals surface area (Å²) in [4.78, 5) is 10.5. The average Bonchev–Trinajstić information content (AvgIpc) is 2.18. The molecule has 0 fully saturated rings. The van der Waals surface area contributed by atoms with Gasteiger partial charge in [0.25, 0.3) is 0 Å². The molecule has 0 aromatic heterocycles. The normalized spacial score (nSPS) is 11.7. The molecule has 1 N–H and O–H groups in total. The number of halogens is 1. The Labute approximate surface area is 86.5 Å². The number of rotatable bonds is 3. The van der Waals surface area contributed by atoms with Gasteiger partial charge in [0.05, 0.1) is 11.6 Å². The van der Waals surface area contributed by atoms with Crippen LogP contribution in [0.25, 0.3) is 0 Å². The molecule has 1 aromatic rings. The van der Waals surface area contributed by atoms with Crippen molar-refractivity contribution in [3.63, 3.8) is 0 Å². The van der Waals surface area contributed by atoms with Gasteiger partial charge in [-0.15, -0.1) is 11.6 Å². The molecule has 14 heavy (non-hydrogen) atoms. The van der Waals surface area contributed by atoms with E-state index in [0.717, 1.165) is 5.56 Å². The minimum Gasteiger partial charge on any atom is -0.478 e. The Morgan fingerprint density at radius 3 is 2.50 bits per heavy atom. The van der Waals surface area contributed by atoms with E-state index in [-0.39, 0.29) is 5.56 Å². The zero-order valence-corrected chi connectivity index (χ0v) is 8.03. The van der Waals surface area contributed by atoms with Gasteiger partial charge < -0.3 is 5.11 Å². The van der Waals surface area contributed by atoms with Crippen molar-refractivity contribution in [1.29, 1.82) is 5.26 Å². The van der Waals surface area contributed by atoms with Gasteiger partial charge in [-0.3, -0.25) is 0 Å². The number of carboxylic acid groups (broad SMARTS) is 1. The van der Waals surface area contributed by atoms with Gasteiger partial charge in [-0.2, -0.15) is 5.26 Å². The Hall–Kier alpha value is -1.53. The SMILES string of the molecule is N#C[C@@H](Cl)Cc1ccc(C(=O)O)cc1. The molecule has 0 saturated carbocycles. The molecule has 3 nitrogen and oxygen atoms in total. The van der Waals surface area contributed by atoms with E-state index in [2.05, 4.69) is 0 Å². The number of aromatic carboxylic acids is 1. The van der Waals surface area contributed by atoms with Crippen LogP contribution >= 0.6 is 11.6 Å². The summed E-state index contributed by atoms with van der Waals surface area (Å²) in [7, 11) is 0. The first kappa shape index (κ1) is 10.6. The van der Waals surface area contributed by atoms with Crippen molar-refractivity contribution in [1.82, 2.24) is 0 Å². The van der Waals surface area contributed by atoms with E-state index in [0.29, 0.717) is 6.42 Å². The topological polar surface area (TPSA) is 61.1 Å². The molecule has 4 heteroatoms. The molecule has 0 amide bonds. The van der Waals surface area contributed by atoms with Gasteiger partial charge in [-0.05, 0) is 17.7 Å². The van der Waals surface area contributed by atoms with E-state index in [1.807, 2.05) is 6.07 Å². The molecule has 1 aromatic carbocycles. The fourth-order valence-electron chi connectivity index (χ4n) is 1.04.